The van der Waals surface area contributed by atoms with Crippen LogP contribution in [0.5, 0.6) is 0 Å². The van der Waals surface area contributed by atoms with Gasteiger partial charge in [0.25, 0.3) is 0 Å². The van der Waals surface area contributed by atoms with Gasteiger partial charge in [-0.2, -0.15) is 0 Å². The molecule has 10 heteroatoms. The summed E-state index contributed by atoms with van der Waals surface area (Å²) in [4.78, 5) is 9.02. The summed E-state index contributed by atoms with van der Waals surface area (Å²) >= 11 is 1.55. The number of aromatic nitrogens is 3. The molecule has 0 aliphatic rings. The van der Waals surface area contributed by atoms with Gasteiger partial charge >= 0.3 is 0 Å². The molecule has 4 N–H and O–H groups in total. The Morgan fingerprint density at radius 3 is 2.47 bits per heavy atom. The van der Waals surface area contributed by atoms with Crippen molar-refractivity contribution in [2.45, 2.75) is 11.4 Å². The van der Waals surface area contributed by atoms with E-state index in [-0.39, 0.29) is 4.90 Å². The highest BCUT2D eigenvalue weighted by molar-refractivity contribution is 7.99. The first kappa shape index (κ1) is 20.2. The number of sulfonamides is 1. The number of nitrogens with two attached hydrogens (primary N) is 1. The maximum absolute atomic E-state index is 11.4. The largest absolute Gasteiger partial charge is 0.363 e. The Morgan fingerprint density at radius 1 is 1.07 bits per heavy atom. The molecule has 8 nitrogen and oxygen atoms in total. The van der Waals surface area contributed by atoms with Gasteiger partial charge in [-0.1, -0.05) is 36.2 Å². The summed E-state index contributed by atoms with van der Waals surface area (Å²) < 4.78 is 27.9. The maximum Gasteiger partial charge on any atom is 0.238 e. The number of imidazole rings is 1. The number of benzene rings is 2. The van der Waals surface area contributed by atoms with Crippen molar-refractivity contribution >= 4 is 39.1 Å². The molecule has 0 bridgehead atoms. The summed E-state index contributed by atoms with van der Waals surface area (Å²) in [7, 11) is -3.70. The first-order valence-corrected chi connectivity index (χ1v) is 11.8. The zero-order chi connectivity index (χ0) is 21.1. The summed E-state index contributed by atoms with van der Waals surface area (Å²) in [6.45, 7) is 0.467. The number of fused-ring (bicyclic) bond motifs is 1. The first-order valence-electron chi connectivity index (χ1n) is 9.03. The van der Waals surface area contributed by atoms with Gasteiger partial charge in [-0.25, -0.2) is 23.5 Å². The molecule has 0 saturated heterocycles. The summed E-state index contributed by atoms with van der Waals surface area (Å²) in [6.07, 6.45) is 7.39. The molecule has 0 saturated carbocycles. The van der Waals surface area contributed by atoms with E-state index in [2.05, 4.69) is 20.0 Å². The van der Waals surface area contributed by atoms with Crippen LogP contribution in [0.15, 0.2) is 72.0 Å². The van der Waals surface area contributed by atoms with Gasteiger partial charge in [-0.05, 0) is 29.8 Å². The van der Waals surface area contributed by atoms with Crippen molar-refractivity contribution in [1.29, 1.82) is 0 Å². The van der Waals surface area contributed by atoms with E-state index in [4.69, 9.17) is 5.14 Å². The maximum atomic E-state index is 11.4. The van der Waals surface area contributed by atoms with Gasteiger partial charge in [0.2, 0.25) is 10.0 Å². The molecule has 30 heavy (non-hydrogen) atoms. The van der Waals surface area contributed by atoms with Gasteiger partial charge in [0.05, 0.1) is 16.8 Å². The number of rotatable bonds is 7. The van der Waals surface area contributed by atoms with Crippen LogP contribution >= 0.6 is 11.9 Å². The van der Waals surface area contributed by atoms with E-state index in [1.54, 1.807) is 30.3 Å². The first-order chi connectivity index (χ1) is 14.5. The zero-order valence-electron chi connectivity index (χ0n) is 16.1. The molecule has 0 fully saturated rings. The number of hydrogen-bond donors (Lipinski definition) is 3. The normalized spacial score (nSPS) is 11.5. The minimum absolute atomic E-state index is 0.0862. The summed E-state index contributed by atoms with van der Waals surface area (Å²) in [5, 5.41) is 8.40. The standard InChI is InChI=1S/C20H20N6O2S2/c1-29-25-16-6-4-15(5-7-16)18-13-24-20-19(22-10-11-26(18)20)23-12-14-2-8-17(9-3-14)30(21,27)28/h2-11,13,25H,12H2,1H3,(H,22,23)(H2,21,27,28). The Kier molecular flexibility index (Phi) is 5.62. The summed E-state index contributed by atoms with van der Waals surface area (Å²) in [5.74, 6) is 0.639. The minimum Gasteiger partial charge on any atom is -0.363 e. The molecular weight excluding hydrogens is 420 g/mol. The number of primary sulfonamides is 1. The number of nitrogens with one attached hydrogen (secondary N) is 2. The van der Waals surface area contributed by atoms with E-state index >= 15 is 0 Å². The van der Waals surface area contributed by atoms with Gasteiger partial charge in [0, 0.05) is 36.4 Å². The van der Waals surface area contributed by atoms with Crippen LogP contribution in [-0.2, 0) is 16.6 Å². The van der Waals surface area contributed by atoms with Crippen molar-refractivity contribution in [2.24, 2.45) is 5.14 Å². The fraction of sp³-hybridized carbons (Fsp3) is 0.100. The van der Waals surface area contributed by atoms with Crippen LogP contribution in [0.4, 0.5) is 11.5 Å². The van der Waals surface area contributed by atoms with E-state index in [1.165, 1.54) is 12.1 Å². The highest BCUT2D eigenvalue weighted by Crippen LogP contribution is 2.25. The molecule has 4 rings (SSSR count). The molecule has 0 radical (unpaired) electrons. The quantitative estimate of drug-likeness (QED) is 0.378. The van der Waals surface area contributed by atoms with Gasteiger partial charge in [-0.3, -0.25) is 4.40 Å². The Hall–Kier alpha value is -3.08. The number of anilines is 2. The second-order valence-corrected chi connectivity index (χ2v) is 8.71. The highest BCUT2D eigenvalue weighted by Gasteiger charge is 2.11. The molecule has 0 aliphatic heterocycles. The third-order valence-electron chi connectivity index (χ3n) is 4.54. The minimum atomic E-state index is -3.70. The predicted octanol–water partition coefficient (Wildman–Crippen LogP) is 3.35. The Morgan fingerprint density at radius 2 is 1.80 bits per heavy atom. The van der Waals surface area contributed by atoms with Crippen molar-refractivity contribution in [3.05, 3.63) is 72.7 Å². The molecular formula is C20H20N6O2S2. The van der Waals surface area contributed by atoms with Gasteiger partial charge in [-0.15, -0.1) is 0 Å². The zero-order valence-corrected chi connectivity index (χ0v) is 17.7. The van der Waals surface area contributed by atoms with Crippen LogP contribution in [0, 0.1) is 0 Å². The summed E-state index contributed by atoms with van der Waals surface area (Å²) in [5.41, 5.74) is 4.65. The van der Waals surface area contributed by atoms with E-state index in [0.717, 1.165) is 22.5 Å². The van der Waals surface area contributed by atoms with Crippen molar-refractivity contribution in [3.63, 3.8) is 0 Å². The van der Waals surface area contributed by atoms with Crippen molar-refractivity contribution in [1.82, 2.24) is 14.4 Å². The Bertz CT molecular complexity index is 1270. The third kappa shape index (κ3) is 4.25. The predicted molar refractivity (Wildman–Crippen MR) is 121 cm³/mol. The Labute approximate surface area is 178 Å². The molecule has 4 aromatic rings. The van der Waals surface area contributed by atoms with E-state index in [0.29, 0.717) is 18.0 Å². The van der Waals surface area contributed by atoms with Crippen LogP contribution < -0.4 is 15.2 Å². The van der Waals surface area contributed by atoms with Gasteiger partial charge in [0.1, 0.15) is 0 Å². The van der Waals surface area contributed by atoms with E-state index < -0.39 is 10.0 Å². The lowest BCUT2D eigenvalue weighted by Gasteiger charge is -2.09. The molecule has 0 atom stereocenters. The van der Waals surface area contributed by atoms with Crippen molar-refractivity contribution in [3.8, 4) is 11.3 Å². The average molecular weight is 441 g/mol. The molecule has 0 amide bonds. The fourth-order valence-electron chi connectivity index (χ4n) is 3.07. The third-order valence-corrected chi connectivity index (χ3v) is 5.91. The van der Waals surface area contributed by atoms with Crippen molar-refractivity contribution < 1.29 is 8.42 Å². The molecule has 2 aromatic heterocycles. The second-order valence-electron chi connectivity index (χ2n) is 6.54. The van der Waals surface area contributed by atoms with Crippen LogP contribution in [0.25, 0.3) is 16.9 Å². The highest BCUT2D eigenvalue weighted by atomic mass is 32.2. The molecule has 0 unspecified atom stereocenters. The SMILES string of the molecule is CSNc1ccc(-c2cnc3c(NCc4ccc(S(N)(=O)=O)cc4)nccn23)cc1. The molecule has 2 aromatic carbocycles. The lowest BCUT2D eigenvalue weighted by Crippen LogP contribution is -2.12. The Balaban J connectivity index is 1.56. The molecule has 0 spiro atoms. The van der Waals surface area contributed by atoms with Gasteiger partial charge in [0.15, 0.2) is 11.5 Å². The fourth-order valence-corrected chi connectivity index (χ4v) is 3.95. The van der Waals surface area contributed by atoms with E-state index in [9.17, 15) is 8.42 Å². The topological polar surface area (TPSA) is 114 Å². The number of nitrogens with zero attached hydrogens (tertiary/aromatic N) is 3. The molecule has 2 heterocycles. The van der Waals surface area contributed by atoms with Crippen LogP contribution in [0.1, 0.15) is 5.56 Å². The average Bonchev–Trinajstić information content (AvgIpc) is 3.17. The van der Waals surface area contributed by atoms with Gasteiger partial charge < -0.3 is 10.0 Å². The molecule has 154 valence electrons. The van der Waals surface area contributed by atoms with Crippen LogP contribution in [-0.4, -0.2) is 29.0 Å². The monoisotopic (exact) mass is 440 g/mol. The van der Waals surface area contributed by atoms with Crippen LogP contribution in [0.2, 0.25) is 0 Å². The lowest BCUT2D eigenvalue weighted by molar-refractivity contribution is 0.598. The van der Waals surface area contributed by atoms with Crippen molar-refractivity contribution in [2.75, 3.05) is 16.3 Å². The second kappa shape index (κ2) is 8.34. The molecule has 0 aliphatic carbocycles. The van der Waals surface area contributed by atoms with E-state index in [1.807, 2.05) is 47.3 Å². The van der Waals surface area contributed by atoms with Crippen LogP contribution in [0.3, 0.4) is 0 Å². The number of hydrogen-bond acceptors (Lipinski definition) is 7. The lowest BCUT2D eigenvalue weighted by atomic mass is 10.1. The smallest absolute Gasteiger partial charge is 0.238 e. The summed E-state index contributed by atoms with van der Waals surface area (Å²) in [6, 6.07) is 14.5.